The second-order valence-electron chi connectivity index (χ2n) is 14.3. The molecule has 0 aliphatic carbocycles. The number of fused-ring (bicyclic) bond motifs is 5. The molecule has 0 aliphatic heterocycles. The van der Waals surface area contributed by atoms with Gasteiger partial charge in [-0.3, -0.25) is 9.55 Å². The average molecular weight is 892 g/mol. The van der Waals surface area contributed by atoms with E-state index in [2.05, 4.69) is 134 Å². The van der Waals surface area contributed by atoms with Crippen LogP contribution in [0.2, 0.25) is 0 Å². The molecule has 3 aromatic heterocycles. The van der Waals surface area contributed by atoms with E-state index in [1.807, 2.05) is 48.7 Å². The number of furan rings is 1. The van der Waals surface area contributed by atoms with Crippen LogP contribution >= 0.6 is 0 Å². The maximum Gasteiger partial charge on any atom is 0.148 e. The van der Waals surface area contributed by atoms with Crippen molar-refractivity contribution in [2.75, 3.05) is 0 Å². The van der Waals surface area contributed by atoms with Gasteiger partial charge in [0.1, 0.15) is 22.7 Å². The maximum atomic E-state index is 11.1. The second-order valence-corrected chi connectivity index (χ2v) is 14.3. The number of rotatable bonds is 6. The summed E-state index contributed by atoms with van der Waals surface area (Å²) in [6.45, 7) is 4.53. The molecule has 0 saturated carbocycles. The number of nitrogens with zero attached hydrogens (tertiary/aromatic N) is 3. The zero-order valence-corrected chi connectivity index (χ0v) is 32.4. The van der Waals surface area contributed by atoms with Crippen LogP contribution < -0.4 is 0 Å². The molecule has 268 valence electrons. The third-order valence-corrected chi connectivity index (χ3v) is 10.7. The Morgan fingerprint density at radius 2 is 1.31 bits per heavy atom. The Morgan fingerprint density at radius 3 is 2.09 bits per heavy atom. The quantitative estimate of drug-likeness (QED) is 0.169. The third-order valence-electron chi connectivity index (χ3n) is 10.7. The van der Waals surface area contributed by atoms with E-state index in [4.69, 9.17) is 14.4 Å². The first-order valence-electron chi connectivity index (χ1n) is 18.1. The summed E-state index contributed by atoms with van der Waals surface area (Å²) in [6.07, 6.45) is 1.82. The Kier molecular flexibility index (Phi) is 8.48. The van der Waals surface area contributed by atoms with E-state index in [0.717, 1.165) is 77.4 Å². The van der Waals surface area contributed by atoms with Crippen molar-refractivity contribution in [3.8, 4) is 45.2 Å². The van der Waals surface area contributed by atoms with Crippen LogP contribution in [0.1, 0.15) is 25.0 Å². The monoisotopic (exact) mass is 891 g/mol. The van der Waals surface area contributed by atoms with Crippen molar-refractivity contribution in [3.05, 3.63) is 181 Å². The number of phenols is 1. The number of aromatic hydroxyl groups is 1. The van der Waals surface area contributed by atoms with Gasteiger partial charge in [0.15, 0.2) is 0 Å². The smallest absolute Gasteiger partial charge is 0.148 e. The van der Waals surface area contributed by atoms with Gasteiger partial charge >= 0.3 is 0 Å². The van der Waals surface area contributed by atoms with Gasteiger partial charge < -0.3 is 9.52 Å². The first-order valence-corrected chi connectivity index (χ1v) is 18.1. The van der Waals surface area contributed by atoms with Crippen molar-refractivity contribution >= 4 is 43.7 Å². The summed E-state index contributed by atoms with van der Waals surface area (Å²) < 4.78 is 8.61. The minimum atomic E-state index is -0.360. The predicted molar refractivity (Wildman–Crippen MR) is 219 cm³/mol. The van der Waals surface area contributed by atoms with Crippen LogP contribution in [0.15, 0.2) is 168 Å². The van der Waals surface area contributed by atoms with E-state index in [1.54, 1.807) is 6.07 Å². The molecule has 0 unspecified atom stereocenters. The third kappa shape index (κ3) is 5.75. The standard InChI is InChI=1S/C49H34N3O2.Pt/c1-49(2,35-16-5-3-6-17-35)36-27-33(26-34(28-36)46-45-40-29-31-14-9-10-15-32(31)30-44(40)54-43(45)24-25-50-46)38-21-13-22-41-47(38)51-48(39-20-11-12-23-42(39)53)52(41)37-18-7-4-8-19-37;/h3-25,27-30,53H,1-2H3;/q-1;. The molecule has 10 aromatic rings. The van der Waals surface area contributed by atoms with Gasteiger partial charge in [-0.05, 0) is 64.9 Å². The molecule has 0 radical (unpaired) electrons. The molecule has 5 nitrogen and oxygen atoms in total. The predicted octanol–water partition coefficient (Wildman–Crippen LogP) is 12.3. The molecule has 0 atom stereocenters. The van der Waals surface area contributed by atoms with Gasteiger partial charge in [-0.15, -0.1) is 29.3 Å². The number of benzene rings is 7. The number of imidazole rings is 1. The summed E-state index contributed by atoms with van der Waals surface area (Å²) in [7, 11) is 0. The minimum Gasteiger partial charge on any atom is -0.507 e. The SMILES string of the molecule is CC(C)(c1ccccc1)c1cc(-c2cccc3c2nc(-c2ccccc2O)n3-c2ccccc2)[c-]c(-c2nccc3oc4cc5ccccc5cc4c23)c1.[Pt]. The Hall–Kier alpha value is -6.29. The molecular weight excluding hydrogens is 858 g/mol. The number of hydrogen-bond acceptors (Lipinski definition) is 4. The summed E-state index contributed by atoms with van der Waals surface area (Å²) in [5.74, 6) is 0.831. The molecule has 0 saturated heterocycles. The number of para-hydroxylation sites is 3. The van der Waals surface area contributed by atoms with E-state index in [9.17, 15) is 5.11 Å². The molecule has 0 aliphatic rings. The van der Waals surface area contributed by atoms with Gasteiger partial charge in [0, 0.05) is 54.8 Å². The molecule has 0 bridgehead atoms. The van der Waals surface area contributed by atoms with E-state index < -0.39 is 0 Å². The van der Waals surface area contributed by atoms with Crippen LogP contribution in [0.4, 0.5) is 0 Å². The number of pyridine rings is 1. The Morgan fingerprint density at radius 1 is 0.636 bits per heavy atom. The van der Waals surface area contributed by atoms with Crippen LogP contribution in [0.25, 0.3) is 83.2 Å². The van der Waals surface area contributed by atoms with E-state index in [0.29, 0.717) is 11.4 Å². The fraction of sp³-hybridized carbons (Fsp3) is 0.0612. The summed E-state index contributed by atoms with van der Waals surface area (Å²) in [5, 5.41) is 15.3. The van der Waals surface area contributed by atoms with Crippen molar-refractivity contribution < 1.29 is 30.6 Å². The van der Waals surface area contributed by atoms with Crippen LogP contribution in [-0.2, 0) is 26.5 Å². The van der Waals surface area contributed by atoms with Gasteiger partial charge in [-0.1, -0.05) is 122 Å². The molecule has 0 amide bonds. The molecule has 1 N–H and O–H groups in total. The summed E-state index contributed by atoms with van der Waals surface area (Å²) in [5.41, 5.74) is 10.4. The average Bonchev–Trinajstić information content (AvgIpc) is 3.79. The first-order chi connectivity index (χ1) is 26.4. The Balaban J connectivity index is 0.00000397. The Labute approximate surface area is 332 Å². The zero-order valence-electron chi connectivity index (χ0n) is 30.1. The second kappa shape index (κ2) is 13.5. The fourth-order valence-corrected chi connectivity index (χ4v) is 7.83. The maximum absolute atomic E-state index is 11.1. The van der Waals surface area contributed by atoms with Gasteiger partial charge in [0.05, 0.1) is 16.6 Å². The van der Waals surface area contributed by atoms with Crippen LogP contribution in [0.3, 0.4) is 0 Å². The number of hydrogen-bond donors (Lipinski definition) is 1. The van der Waals surface area contributed by atoms with Crippen molar-refractivity contribution in [2.45, 2.75) is 19.3 Å². The van der Waals surface area contributed by atoms with Crippen LogP contribution in [-0.4, -0.2) is 19.6 Å². The van der Waals surface area contributed by atoms with Gasteiger partial charge in [-0.25, -0.2) is 4.98 Å². The topological polar surface area (TPSA) is 64.1 Å². The number of aromatic nitrogens is 3. The molecule has 10 rings (SSSR count). The van der Waals surface area contributed by atoms with Gasteiger partial charge in [0.25, 0.3) is 0 Å². The molecular formula is C49H34N3O2Pt-. The minimum absolute atomic E-state index is 0. The number of phenolic OH excluding ortho intramolecular Hbond substituents is 1. The van der Waals surface area contributed by atoms with Crippen LogP contribution in [0, 0.1) is 6.07 Å². The van der Waals surface area contributed by atoms with E-state index >= 15 is 0 Å². The molecule has 6 heteroatoms. The van der Waals surface area contributed by atoms with E-state index in [1.165, 1.54) is 5.56 Å². The van der Waals surface area contributed by atoms with Crippen LogP contribution in [0.5, 0.6) is 5.75 Å². The van der Waals surface area contributed by atoms with E-state index in [-0.39, 0.29) is 32.2 Å². The van der Waals surface area contributed by atoms with Gasteiger partial charge in [-0.2, -0.15) is 0 Å². The van der Waals surface area contributed by atoms with Gasteiger partial charge in [0.2, 0.25) is 0 Å². The normalized spacial score (nSPS) is 11.7. The van der Waals surface area contributed by atoms with Crippen molar-refractivity contribution in [1.82, 2.24) is 14.5 Å². The van der Waals surface area contributed by atoms with Crippen molar-refractivity contribution in [3.63, 3.8) is 0 Å². The molecule has 0 fully saturated rings. The first kappa shape index (κ1) is 34.5. The summed E-state index contributed by atoms with van der Waals surface area (Å²) >= 11 is 0. The largest absolute Gasteiger partial charge is 0.507 e. The summed E-state index contributed by atoms with van der Waals surface area (Å²) in [6, 6.07) is 57.4. The molecule has 3 heterocycles. The molecule has 55 heavy (non-hydrogen) atoms. The molecule has 0 spiro atoms. The molecule has 7 aromatic carbocycles. The fourth-order valence-electron chi connectivity index (χ4n) is 7.83. The summed E-state index contributed by atoms with van der Waals surface area (Å²) in [4.78, 5) is 10.4. The Bertz CT molecular complexity index is 3040. The van der Waals surface area contributed by atoms with Crippen molar-refractivity contribution in [2.24, 2.45) is 0 Å². The van der Waals surface area contributed by atoms with Crippen molar-refractivity contribution in [1.29, 1.82) is 0 Å². The zero-order chi connectivity index (χ0) is 36.4.